The summed E-state index contributed by atoms with van der Waals surface area (Å²) >= 11 is 0. The van der Waals surface area contributed by atoms with Gasteiger partial charge < -0.3 is 19.4 Å². The largest absolute Gasteiger partial charge is 0.378 e. The Morgan fingerprint density at radius 3 is 2.13 bits per heavy atom. The number of morpholine rings is 1. The molecule has 0 aromatic carbocycles. The van der Waals surface area contributed by atoms with Crippen LogP contribution in [-0.2, 0) is 9.53 Å². The summed E-state index contributed by atoms with van der Waals surface area (Å²) in [6, 6.07) is 0. The van der Waals surface area contributed by atoms with Crippen LogP contribution < -0.4 is 4.90 Å². The Balaban J connectivity index is 1.61. The van der Waals surface area contributed by atoms with E-state index in [2.05, 4.69) is 9.97 Å². The fourth-order valence-corrected chi connectivity index (χ4v) is 2.77. The van der Waals surface area contributed by atoms with Crippen molar-refractivity contribution in [3.63, 3.8) is 0 Å². The molecule has 2 aliphatic heterocycles. The maximum absolute atomic E-state index is 12.3. The van der Waals surface area contributed by atoms with Crippen LogP contribution in [0.25, 0.3) is 0 Å². The minimum atomic E-state index is -0.0544. The van der Waals surface area contributed by atoms with E-state index in [1.54, 1.807) is 24.2 Å². The first-order valence-corrected chi connectivity index (χ1v) is 7.84. The average molecular weight is 319 g/mol. The highest BCUT2D eigenvalue weighted by molar-refractivity contribution is 5.93. The molecule has 0 bridgehead atoms. The van der Waals surface area contributed by atoms with E-state index < -0.39 is 0 Å². The van der Waals surface area contributed by atoms with E-state index in [1.165, 1.54) is 0 Å². The molecule has 0 N–H and O–H groups in total. The van der Waals surface area contributed by atoms with Gasteiger partial charge in [-0.3, -0.25) is 9.59 Å². The minimum absolute atomic E-state index is 0.0544. The predicted molar refractivity (Wildman–Crippen MR) is 83.2 cm³/mol. The Morgan fingerprint density at radius 2 is 1.57 bits per heavy atom. The van der Waals surface area contributed by atoms with Crippen molar-refractivity contribution in [3.05, 3.63) is 18.0 Å². The highest BCUT2D eigenvalue weighted by atomic mass is 16.5. The standard InChI is InChI=1S/C15H21N5O3/c1-12(21)18-2-4-20(5-3-18)15-16-10-13(11-17-15)14(22)19-6-8-23-9-7-19/h10-11H,2-9H2,1H3. The van der Waals surface area contributed by atoms with E-state index >= 15 is 0 Å². The number of nitrogens with zero attached hydrogens (tertiary/aromatic N) is 5. The van der Waals surface area contributed by atoms with Crippen molar-refractivity contribution in [1.29, 1.82) is 0 Å². The van der Waals surface area contributed by atoms with Crippen LogP contribution in [0.5, 0.6) is 0 Å². The van der Waals surface area contributed by atoms with Gasteiger partial charge >= 0.3 is 0 Å². The molecule has 0 aliphatic carbocycles. The summed E-state index contributed by atoms with van der Waals surface area (Å²) in [6.45, 7) is 6.70. The summed E-state index contributed by atoms with van der Waals surface area (Å²) in [5.41, 5.74) is 0.498. The Labute approximate surface area is 135 Å². The van der Waals surface area contributed by atoms with Gasteiger partial charge in [-0.1, -0.05) is 0 Å². The van der Waals surface area contributed by atoms with Crippen LogP contribution >= 0.6 is 0 Å². The van der Waals surface area contributed by atoms with Crippen LogP contribution in [0, 0.1) is 0 Å². The Morgan fingerprint density at radius 1 is 0.957 bits per heavy atom. The lowest BCUT2D eigenvalue weighted by Crippen LogP contribution is -2.48. The van der Waals surface area contributed by atoms with Crippen LogP contribution in [0.15, 0.2) is 12.4 Å². The van der Waals surface area contributed by atoms with Crippen LogP contribution in [0.3, 0.4) is 0 Å². The van der Waals surface area contributed by atoms with Gasteiger partial charge in [0, 0.05) is 58.6 Å². The van der Waals surface area contributed by atoms with Crippen LogP contribution in [0.2, 0.25) is 0 Å². The van der Waals surface area contributed by atoms with Crippen LogP contribution in [-0.4, -0.2) is 84.1 Å². The van der Waals surface area contributed by atoms with Crippen molar-refractivity contribution in [3.8, 4) is 0 Å². The smallest absolute Gasteiger partial charge is 0.257 e. The maximum Gasteiger partial charge on any atom is 0.257 e. The molecule has 2 saturated heterocycles. The summed E-state index contributed by atoms with van der Waals surface area (Å²) in [7, 11) is 0. The number of amides is 2. The Kier molecular flexibility index (Phi) is 4.71. The first-order valence-electron chi connectivity index (χ1n) is 7.84. The molecule has 0 unspecified atom stereocenters. The summed E-state index contributed by atoms with van der Waals surface area (Å²) in [6.07, 6.45) is 3.16. The molecule has 0 spiro atoms. The highest BCUT2D eigenvalue weighted by Gasteiger charge is 2.22. The normalized spacial score (nSPS) is 18.9. The van der Waals surface area contributed by atoms with E-state index in [0.717, 1.165) is 0 Å². The average Bonchev–Trinajstić information content (AvgIpc) is 2.62. The molecule has 1 aromatic heterocycles. The summed E-state index contributed by atoms with van der Waals surface area (Å²) in [5.74, 6) is 0.644. The molecule has 1 aromatic rings. The van der Waals surface area contributed by atoms with Crippen LogP contribution in [0.4, 0.5) is 5.95 Å². The second kappa shape index (κ2) is 6.91. The number of anilines is 1. The van der Waals surface area contributed by atoms with E-state index in [1.807, 2.05) is 9.80 Å². The van der Waals surface area contributed by atoms with Gasteiger partial charge in [0.1, 0.15) is 0 Å². The molecule has 0 radical (unpaired) electrons. The first kappa shape index (κ1) is 15.7. The zero-order valence-corrected chi connectivity index (χ0v) is 13.3. The van der Waals surface area contributed by atoms with E-state index in [9.17, 15) is 9.59 Å². The van der Waals surface area contributed by atoms with Crippen molar-refractivity contribution in [1.82, 2.24) is 19.8 Å². The number of carbonyl (C=O) groups is 2. The molecule has 0 saturated carbocycles. The molecular weight excluding hydrogens is 298 g/mol. The van der Waals surface area contributed by atoms with Crippen LogP contribution in [0.1, 0.15) is 17.3 Å². The van der Waals surface area contributed by atoms with Gasteiger partial charge in [-0.2, -0.15) is 0 Å². The maximum atomic E-state index is 12.3. The van der Waals surface area contributed by atoms with Crippen molar-refractivity contribution in [2.75, 3.05) is 57.4 Å². The number of carbonyl (C=O) groups excluding carboxylic acids is 2. The lowest BCUT2D eigenvalue weighted by molar-refractivity contribution is -0.129. The molecule has 3 heterocycles. The summed E-state index contributed by atoms with van der Waals surface area (Å²) in [4.78, 5) is 37.9. The predicted octanol–water partition coefficient (Wildman–Crippen LogP) is -0.382. The van der Waals surface area contributed by atoms with Gasteiger partial charge in [0.05, 0.1) is 18.8 Å². The fraction of sp³-hybridized carbons (Fsp3) is 0.600. The number of hydrogen-bond donors (Lipinski definition) is 0. The molecule has 2 aliphatic rings. The second-order valence-electron chi connectivity index (χ2n) is 5.67. The number of aromatic nitrogens is 2. The lowest BCUT2D eigenvalue weighted by atomic mass is 10.2. The number of piperazine rings is 1. The molecular formula is C15H21N5O3. The fourth-order valence-electron chi connectivity index (χ4n) is 2.77. The number of hydrogen-bond acceptors (Lipinski definition) is 6. The van der Waals surface area contributed by atoms with Crippen molar-refractivity contribution in [2.45, 2.75) is 6.92 Å². The van der Waals surface area contributed by atoms with Gasteiger partial charge in [-0.25, -0.2) is 9.97 Å². The van der Waals surface area contributed by atoms with Gasteiger partial charge in [-0.15, -0.1) is 0 Å². The molecule has 3 rings (SSSR count). The van der Waals surface area contributed by atoms with Gasteiger partial charge in [0.2, 0.25) is 11.9 Å². The Bertz CT molecular complexity index is 563. The topological polar surface area (TPSA) is 78.9 Å². The van der Waals surface area contributed by atoms with Gasteiger partial charge in [-0.05, 0) is 0 Å². The van der Waals surface area contributed by atoms with E-state index in [4.69, 9.17) is 4.74 Å². The summed E-state index contributed by atoms with van der Waals surface area (Å²) in [5, 5.41) is 0. The van der Waals surface area contributed by atoms with E-state index in [-0.39, 0.29) is 11.8 Å². The molecule has 8 nitrogen and oxygen atoms in total. The third kappa shape index (κ3) is 3.58. The monoisotopic (exact) mass is 319 g/mol. The third-order valence-corrected chi connectivity index (χ3v) is 4.19. The van der Waals surface area contributed by atoms with Crippen molar-refractivity contribution >= 4 is 17.8 Å². The quantitative estimate of drug-likeness (QED) is 0.739. The molecule has 8 heteroatoms. The third-order valence-electron chi connectivity index (χ3n) is 4.19. The van der Waals surface area contributed by atoms with Gasteiger partial charge in [0.25, 0.3) is 5.91 Å². The SMILES string of the molecule is CC(=O)N1CCN(c2ncc(C(=O)N3CCOCC3)cn2)CC1. The van der Waals surface area contributed by atoms with Crippen molar-refractivity contribution in [2.24, 2.45) is 0 Å². The minimum Gasteiger partial charge on any atom is -0.378 e. The molecule has 2 fully saturated rings. The van der Waals surface area contributed by atoms with Gasteiger partial charge in [0.15, 0.2) is 0 Å². The molecule has 23 heavy (non-hydrogen) atoms. The summed E-state index contributed by atoms with van der Waals surface area (Å²) < 4.78 is 5.25. The molecule has 124 valence electrons. The number of ether oxygens (including phenoxy) is 1. The zero-order valence-electron chi connectivity index (χ0n) is 13.3. The zero-order chi connectivity index (χ0) is 16.2. The Hall–Kier alpha value is -2.22. The first-order chi connectivity index (χ1) is 11.1. The van der Waals surface area contributed by atoms with E-state index in [0.29, 0.717) is 64.0 Å². The number of rotatable bonds is 2. The second-order valence-corrected chi connectivity index (χ2v) is 5.67. The van der Waals surface area contributed by atoms with Crippen molar-refractivity contribution < 1.29 is 14.3 Å². The highest BCUT2D eigenvalue weighted by Crippen LogP contribution is 2.12. The molecule has 0 atom stereocenters. The lowest BCUT2D eigenvalue weighted by Gasteiger charge is -2.34. The molecule has 2 amide bonds.